The summed E-state index contributed by atoms with van der Waals surface area (Å²) in [5, 5.41) is 0. The number of furan rings is 1. The van der Waals surface area contributed by atoms with E-state index in [-0.39, 0.29) is 17.0 Å². The van der Waals surface area contributed by atoms with Crippen LogP contribution in [0.3, 0.4) is 0 Å². The van der Waals surface area contributed by atoms with Gasteiger partial charge in [-0.25, -0.2) is 4.39 Å². The fourth-order valence-corrected chi connectivity index (χ4v) is 4.58. The van der Waals surface area contributed by atoms with Gasteiger partial charge in [-0.2, -0.15) is 0 Å². The van der Waals surface area contributed by atoms with Gasteiger partial charge in [0.15, 0.2) is 5.76 Å². The lowest BCUT2D eigenvalue weighted by atomic mass is 9.79. The summed E-state index contributed by atoms with van der Waals surface area (Å²) in [6.07, 6.45) is 4.23. The van der Waals surface area contributed by atoms with E-state index in [1.54, 1.807) is 30.2 Å². The second-order valence-corrected chi connectivity index (χ2v) is 8.05. The van der Waals surface area contributed by atoms with Crippen molar-refractivity contribution in [3.05, 3.63) is 53.7 Å². The molecule has 1 spiro atoms. The summed E-state index contributed by atoms with van der Waals surface area (Å²) in [5.41, 5.74) is 0.563. The molecule has 2 fully saturated rings. The zero-order chi connectivity index (χ0) is 20.4. The Hall–Kier alpha value is -2.67. The van der Waals surface area contributed by atoms with E-state index in [2.05, 4.69) is 4.90 Å². The quantitative estimate of drug-likeness (QED) is 0.570. The standard InChI is InChI=1S/C22H25FN2O4/c1-28-17-5-6-18(23)16(12-17)13-24-9-3-7-22(14-24)8-10-25(15-22)21(27)20(26)19-4-2-11-29-19/h2,4-6,11-12H,3,7-10,13-15H2,1H3/t22-/m0/s1. The minimum absolute atomic E-state index is 0.0489. The van der Waals surface area contributed by atoms with Crippen molar-refractivity contribution in [1.29, 1.82) is 0 Å². The Bertz CT molecular complexity index is 898. The molecule has 2 aliphatic rings. The number of Topliss-reactive ketones (excluding diaryl/α,β-unsaturated/α-hetero) is 1. The summed E-state index contributed by atoms with van der Waals surface area (Å²) in [7, 11) is 1.57. The van der Waals surface area contributed by atoms with E-state index in [0.29, 0.717) is 30.9 Å². The molecule has 1 aromatic carbocycles. The molecule has 2 aromatic rings. The number of benzene rings is 1. The van der Waals surface area contributed by atoms with Gasteiger partial charge in [0.2, 0.25) is 0 Å². The molecule has 1 aromatic heterocycles. The molecule has 0 radical (unpaired) electrons. The van der Waals surface area contributed by atoms with E-state index in [1.807, 2.05) is 0 Å². The van der Waals surface area contributed by atoms with Gasteiger partial charge in [-0.3, -0.25) is 14.5 Å². The number of nitrogens with zero attached hydrogens (tertiary/aromatic N) is 2. The predicted octanol–water partition coefficient (Wildman–Crippen LogP) is 3.12. The van der Waals surface area contributed by atoms with Crippen LogP contribution in [0.25, 0.3) is 0 Å². The molecule has 29 heavy (non-hydrogen) atoms. The molecule has 0 aliphatic carbocycles. The van der Waals surface area contributed by atoms with E-state index in [4.69, 9.17) is 9.15 Å². The highest BCUT2D eigenvalue weighted by Crippen LogP contribution is 2.39. The fraction of sp³-hybridized carbons (Fsp3) is 0.455. The van der Waals surface area contributed by atoms with E-state index < -0.39 is 11.7 Å². The molecule has 3 heterocycles. The number of hydrogen-bond donors (Lipinski definition) is 0. The number of likely N-dealkylation sites (tertiary alicyclic amines) is 2. The van der Waals surface area contributed by atoms with Crippen LogP contribution in [0.15, 0.2) is 41.0 Å². The molecular formula is C22H25FN2O4. The lowest BCUT2D eigenvalue weighted by molar-refractivity contribution is -0.126. The van der Waals surface area contributed by atoms with Crippen molar-refractivity contribution in [2.24, 2.45) is 5.41 Å². The SMILES string of the molecule is COc1ccc(F)c(CN2CCC[C@]3(CCN(C(=O)C(=O)c4ccco4)C3)C2)c1. The summed E-state index contributed by atoms with van der Waals surface area (Å²) >= 11 is 0. The zero-order valence-corrected chi connectivity index (χ0v) is 16.5. The lowest BCUT2D eigenvalue weighted by Crippen LogP contribution is -2.45. The normalized spacial score (nSPS) is 22.2. The summed E-state index contributed by atoms with van der Waals surface area (Å²) in [5.74, 6) is -0.624. The minimum Gasteiger partial charge on any atom is -0.497 e. The first-order valence-electron chi connectivity index (χ1n) is 9.92. The molecule has 6 nitrogen and oxygen atoms in total. The second kappa shape index (κ2) is 7.99. The van der Waals surface area contributed by atoms with Gasteiger partial charge >= 0.3 is 0 Å². The minimum atomic E-state index is -0.599. The molecule has 1 atom stereocenters. The van der Waals surface area contributed by atoms with Crippen LogP contribution in [0.5, 0.6) is 5.75 Å². The van der Waals surface area contributed by atoms with Crippen LogP contribution < -0.4 is 4.74 Å². The van der Waals surface area contributed by atoms with Crippen molar-refractivity contribution in [3.8, 4) is 5.75 Å². The second-order valence-electron chi connectivity index (χ2n) is 8.05. The van der Waals surface area contributed by atoms with Gasteiger partial charge < -0.3 is 14.1 Å². The number of amides is 1. The molecule has 154 valence electrons. The van der Waals surface area contributed by atoms with Crippen LogP contribution in [0.1, 0.15) is 35.4 Å². The molecule has 7 heteroatoms. The highest BCUT2D eigenvalue weighted by Gasteiger charge is 2.44. The van der Waals surface area contributed by atoms with Crippen LogP contribution in [0.4, 0.5) is 4.39 Å². The Labute approximate surface area is 169 Å². The maximum atomic E-state index is 14.2. The molecule has 1 amide bonds. The first-order chi connectivity index (χ1) is 14.0. The Morgan fingerprint density at radius 2 is 2.07 bits per heavy atom. The van der Waals surface area contributed by atoms with E-state index in [9.17, 15) is 14.0 Å². The summed E-state index contributed by atoms with van der Waals surface area (Å²) in [4.78, 5) is 28.8. The molecule has 0 unspecified atom stereocenters. The molecular weight excluding hydrogens is 375 g/mol. The average molecular weight is 400 g/mol. The number of methoxy groups -OCH3 is 1. The number of ether oxygens (including phenoxy) is 1. The van der Waals surface area contributed by atoms with Gasteiger partial charge in [-0.15, -0.1) is 0 Å². The van der Waals surface area contributed by atoms with Gasteiger partial charge in [-0.1, -0.05) is 0 Å². The van der Waals surface area contributed by atoms with Crippen LogP contribution in [0, 0.1) is 11.2 Å². The van der Waals surface area contributed by atoms with Gasteiger partial charge in [0.1, 0.15) is 11.6 Å². The molecule has 0 saturated carbocycles. The molecule has 2 saturated heterocycles. The Morgan fingerprint density at radius 3 is 2.83 bits per heavy atom. The number of rotatable bonds is 5. The Kier molecular flexibility index (Phi) is 5.41. The number of piperidine rings is 1. The van der Waals surface area contributed by atoms with Gasteiger partial charge in [0, 0.05) is 37.2 Å². The molecule has 2 aliphatic heterocycles. The van der Waals surface area contributed by atoms with E-state index in [0.717, 1.165) is 32.4 Å². The van der Waals surface area contributed by atoms with Gasteiger partial charge in [0.05, 0.1) is 13.4 Å². The van der Waals surface area contributed by atoms with Gasteiger partial charge in [-0.05, 0) is 56.1 Å². The highest BCUT2D eigenvalue weighted by molar-refractivity contribution is 6.41. The largest absolute Gasteiger partial charge is 0.497 e. The van der Waals surface area contributed by atoms with Crippen molar-refractivity contribution in [1.82, 2.24) is 9.80 Å². The number of ketones is 1. The summed E-state index contributed by atoms with van der Waals surface area (Å²) in [6, 6.07) is 7.90. The third kappa shape index (κ3) is 4.05. The number of hydrogen-bond acceptors (Lipinski definition) is 5. The third-order valence-electron chi connectivity index (χ3n) is 6.05. The lowest BCUT2D eigenvalue weighted by Gasteiger charge is -2.40. The summed E-state index contributed by atoms with van der Waals surface area (Å²) < 4.78 is 24.5. The van der Waals surface area contributed by atoms with Crippen molar-refractivity contribution in [2.45, 2.75) is 25.8 Å². The Balaban J connectivity index is 1.42. The molecule has 4 rings (SSSR count). The monoisotopic (exact) mass is 400 g/mol. The number of halogens is 1. The maximum absolute atomic E-state index is 14.2. The predicted molar refractivity (Wildman–Crippen MR) is 104 cm³/mol. The van der Waals surface area contributed by atoms with Crippen molar-refractivity contribution < 1.29 is 23.1 Å². The number of carbonyl (C=O) groups excluding carboxylic acids is 2. The van der Waals surface area contributed by atoms with Crippen molar-refractivity contribution >= 4 is 11.7 Å². The highest BCUT2D eigenvalue weighted by atomic mass is 19.1. The van der Waals surface area contributed by atoms with E-state index in [1.165, 1.54) is 18.4 Å². The average Bonchev–Trinajstić information content (AvgIpc) is 3.39. The van der Waals surface area contributed by atoms with Crippen molar-refractivity contribution in [2.75, 3.05) is 33.3 Å². The smallest absolute Gasteiger partial charge is 0.298 e. The van der Waals surface area contributed by atoms with Gasteiger partial charge in [0.25, 0.3) is 11.7 Å². The maximum Gasteiger partial charge on any atom is 0.298 e. The number of carbonyl (C=O) groups is 2. The topological polar surface area (TPSA) is 63.0 Å². The Morgan fingerprint density at radius 1 is 1.21 bits per heavy atom. The van der Waals surface area contributed by atoms with Crippen LogP contribution >= 0.6 is 0 Å². The first kappa shape index (κ1) is 19.6. The molecule has 0 N–H and O–H groups in total. The molecule has 0 bridgehead atoms. The van der Waals surface area contributed by atoms with Crippen molar-refractivity contribution in [3.63, 3.8) is 0 Å². The zero-order valence-electron chi connectivity index (χ0n) is 16.5. The van der Waals surface area contributed by atoms with E-state index >= 15 is 0 Å². The summed E-state index contributed by atoms with van der Waals surface area (Å²) in [6.45, 7) is 3.28. The van der Waals surface area contributed by atoms with Crippen LogP contribution in [0.2, 0.25) is 0 Å². The van der Waals surface area contributed by atoms with Crippen LogP contribution in [-0.2, 0) is 11.3 Å². The first-order valence-corrected chi connectivity index (χ1v) is 9.92. The van der Waals surface area contributed by atoms with Crippen LogP contribution in [-0.4, -0.2) is 54.8 Å². The third-order valence-corrected chi connectivity index (χ3v) is 6.05. The fourth-order valence-electron chi connectivity index (χ4n) is 4.58.